The topological polar surface area (TPSA) is 72.1 Å². The average molecular weight is 362 g/mol. The number of rotatable bonds is 5. The lowest BCUT2D eigenvalue weighted by Crippen LogP contribution is -2.36. The van der Waals surface area contributed by atoms with Crippen LogP contribution in [0.4, 0.5) is 0 Å². The van der Waals surface area contributed by atoms with E-state index in [1.165, 1.54) is 0 Å². The van der Waals surface area contributed by atoms with Gasteiger partial charge in [0.25, 0.3) is 11.8 Å². The van der Waals surface area contributed by atoms with E-state index in [9.17, 15) is 4.79 Å². The van der Waals surface area contributed by atoms with Gasteiger partial charge in [-0.25, -0.2) is 0 Å². The zero-order valence-corrected chi connectivity index (χ0v) is 15.3. The second-order valence-electron chi connectivity index (χ2n) is 6.85. The highest BCUT2D eigenvalue weighted by Gasteiger charge is 2.30. The van der Waals surface area contributed by atoms with Crippen molar-refractivity contribution in [2.45, 2.75) is 38.6 Å². The molecular weight excluding hydrogens is 340 g/mol. The minimum Gasteiger partial charge on any atom is -0.336 e. The number of aromatic nitrogens is 3. The standard InChI is InChI=1S/C21H22N4O2/c1-15-18(10-5-13-22-15)21(26)25-14-6-9-17(25)11-12-19-23-20(27-24-19)16-7-3-2-4-8-16/h2-5,7-8,10,13,17H,6,9,11-12,14H2,1H3. The van der Waals surface area contributed by atoms with Crippen molar-refractivity contribution in [2.24, 2.45) is 0 Å². The molecule has 4 rings (SSSR count). The van der Waals surface area contributed by atoms with E-state index >= 15 is 0 Å². The molecule has 6 heteroatoms. The van der Waals surface area contributed by atoms with Crippen molar-refractivity contribution in [3.8, 4) is 11.5 Å². The van der Waals surface area contributed by atoms with Crippen molar-refractivity contribution in [3.05, 3.63) is 65.7 Å². The molecule has 1 unspecified atom stereocenters. The number of pyridine rings is 1. The van der Waals surface area contributed by atoms with E-state index < -0.39 is 0 Å². The van der Waals surface area contributed by atoms with Crippen molar-refractivity contribution in [3.63, 3.8) is 0 Å². The van der Waals surface area contributed by atoms with E-state index in [0.29, 0.717) is 23.7 Å². The Kier molecular flexibility index (Phi) is 4.96. The molecule has 1 amide bonds. The number of likely N-dealkylation sites (tertiary alicyclic amines) is 1. The molecule has 3 heterocycles. The summed E-state index contributed by atoms with van der Waals surface area (Å²) in [4.78, 5) is 23.6. The van der Waals surface area contributed by atoms with Crippen LogP contribution in [0, 0.1) is 6.92 Å². The van der Waals surface area contributed by atoms with Gasteiger partial charge in [0.1, 0.15) is 0 Å². The van der Waals surface area contributed by atoms with Crippen molar-refractivity contribution >= 4 is 5.91 Å². The summed E-state index contributed by atoms with van der Waals surface area (Å²) in [6, 6.07) is 13.6. The van der Waals surface area contributed by atoms with E-state index in [2.05, 4.69) is 15.1 Å². The summed E-state index contributed by atoms with van der Waals surface area (Å²) in [6.45, 7) is 2.67. The third-order valence-corrected chi connectivity index (χ3v) is 5.07. The maximum Gasteiger partial charge on any atom is 0.257 e. The number of hydrogen-bond acceptors (Lipinski definition) is 5. The highest BCUT2D eigenvalue weighted by atomic mass is 16.5. The molecular formula is C21H22N4O2. The largest absolute Gasteiger partial charge is 0.336 e. The van der Waals surface area contributed by atoms with Crippen molar-refractivity contribution in [1.82, 2.24) is 20.0 Å². The monoisotopic (exact) mass is 362 g/mol. The van der Waals surface area contributed by atoms with Gasteiger partial charge >= 0.3 is 0 Å². The van der Waals surface area contributed by atoms with Crippen LogP contribution in [-0.4, -0.2) is 38.5 Å². The van der Waals surface area contributed by atoms with Gasteiger partial charge in [-0.05, 0) is 50.5 Å². The predicted octanol–water partition coefficient (Wildman–Crippen LogP) is 3.68. The first kappa shape index (κ1) is 17.4. The summed E-state index contributed by atoms with van der Waals surface area (Å²) in [5, 5.41) is 4.10. The number of hydrogen-bond donors (Lipinski definition) is 0. The van der Waals surface area contributed by atoms with Gasteiger partial charge in [0.05, 0.1) is 5.56 Å². The van der Waals surface area contributed by atoms with Crippen LogP contribution in [0.3, 0.4) is 0 Å². The lowest BCUT2D eigenvalue weighted by Gasteiger charge is -2.25. The van der Waals surface area contributed by atoms with Crippen molar-refractivity contribution in [1.29, 1.82) is 0 Å². The molecule has 138 valence electrons. The van der Waals surface area contributed by atoms with Gasteiger partial charge in [0.2, 0.25) is 0 Å². The van der Waals surface area contributed by atoms with Crippen LogP contribution in [0.1, 0.15) is 41.1 Å². The third-order valence-electron chi connectivity index (χ3n) is 5.07. The Morgan fingerprint density at radius 1 is 1.22 bits per heavy atom. The summed E-state index contributed by atoms with van der Waals surface area (Å²) in [7, 11) is 0. The van der Waals surface area contributed by atoms with Gasteiger partial charge in [-0.2, -0.15) is 4.98 Å². The Balaban J connectivity index is 1.41. The number of amides is 1. The molecule has 2 aromatic heterocycles. The van der Waals surface area contributed by atoms with Crippen LogP contribution in [0.2, 0.25) is 0 Å². The molecule has 0 aliphatic carbocycles. The summed E-state index contributed by atoms with van der Waals surface area (Å²) in [5.41, 5.74) is 2.38. The maximum absolute atomic E-state index is 12.9. The summed E-state index contributed by atoms with van der Waals surface area (Å²) in [5.74, 6) is 1.29. The molecule has 0 bridgehead atoms. The van der Waals surface area contributed by atoms with Gasteiger partial charge < -0.3 is 9.42 Å². The molecule has 0 N–H and O–H groups in total. The second-order valence-corrected chi connectivity index (χ2v) is 6.85. The predicted molar refractivity (Wildman–Crippen MR) is 101 cm³/mol. The van der Waals surface area contributed by atoms with Crippen LogP contribution in [-0.2, 0) is 6.42 Å². The van der Waals surface area contributed by atoms with Gasteiger partial charge in [-0.3, -0.25) is 9.78 Å². The lowest BCUT2D eigenvalue weighted by molar-refractivity contribution is 0.0729. The number of benzene rings is 1. The Hall–Kier alpha value is -3.02. The quantitative estimate of drug-likeness (QED) is 0.692. The van der Waals surface area contributed by atoms with Crippen LogP contribution in [0.15, 0.2) is 53.2 Å². The molecule has 1 atom stereocenters. The number of carbonyl (C=O) groups is 1. The highest BCUT2D eigenvalue weighted by molar-refractivity contribution is 5.95. The van der Waals surface area contributed by atoms with Gasteiger partial charge in [0, 0.05) is 36.5 Å². The maximum atomic E-state index is 12.9. The number of aryl methyl sites for hydroxylation is 2. The first-order valence-electron chi connectivity index (χ1n) is 9.33. The van der Waals surface area contributed by atoms with Crippen LogP contribution < -0.4 is 0 Å². The average Bonchev–Trinajstić information content (AvgIpc) is 3.36. The third kappa shape index (κ3) is 3.74. The molecule has 1 aromatic carbocycles. The normalized spacial score (nSPS) is 16.6. The zero-order valence-electron chi connectivity index (χ0n) is 15.3. The molecule has 0 radical (unpaired) electrons. The molecule has 0 saturated carbocycles. The molecule has 1 aliphatic rings. The van der Waals surface area contributed by atoms with E-state index in [0.717, 1.165) is 37.1 Å². The van der Waals surface area contributed by atoms with Crippen molar-refractivity contribution < 1.29 is 9.32 Å². The van der Waals surface area contributed by atoms with Crippen LogP contribution in [0.25, 0.3) is 11.5 Å². The molecule has 6 nitrogen and oxygen atoms in total. The molecule has 3 aromatic rings. The van der Waals surface area contributed by atoms with E-state index in [1.807, 2.05) is 54.3 Å². The summed E-state index contributed by atoms with van der Waals surface area (Å²) < 4.78 is 5.38. The van der Waals surface area contributed by atoms with E-state index in [1.54, 1.807) is 6.20 Å². The molecule has 0 spiro atoms. The van der Waals surface area contributed by atoms with E-state index in [-0.39, 0.29) is 11.9 Å². The molecule has 27 heavy (non-hydrogen) atoms. The number of nitrogens with zero attached hydrogens (tertiary/aromatic N) is 4. The van der Waals surface area contributed by atoms with Gasteiger partial charge in [-0.15, -0.1) is 0 Å². The first-order chi connectivity index (χ1) is 13.2. The van der Waals surface area contributed by atoms with Crippen LogP contribution >= 0.6 is 0 Å². The zero-order chi connectivity index (χ0) is 18.6. The van der Waals surface area contributed by atoms with E-state index in [4.69, 9.17) is 4.52 Å². The Labute approximate surface area is 158 Å². The smallest absolute Gasteiger partial charge is 0.257 e. The number of carbonyl (C=O) groups excluding carboxylic acids is 1. The Morgan fingerprint density at radius 3 is 2.89 bits per heavy atom. The van der Waals surface area contributed by atoms with Gasteiger partial charge in [-0.1, -0.05) is 23.4 Å². The first-order valence-corrected chi connectivity index (χ1v) is 9.33. The molecule has 1 aliphatic heterocycles. The fraction of sp³-hybridized carbons (Fsp3) is 0.333. The fourth-order valence-corrected chi connectivity index (χ4v) is 3.62. The van der Waals surface area contributed by atoms with Crippen molar-refractivity contribution in [2.75, 3.05) is 6.54 Å². The summed E-state index contributed by atoms with van der Waals surface area (Å²) >= 11 is 0. The Morgan fingerprint density at radius 2 is 2.07 bits per heavy atom. The highest BCUT2D eigenvalue weighted by Crippen LogP contribution is 2.25. The molecule has 1 saturated heterocycles. The van der Waals surface area contributed by atoms with Gasteiger partial charge in [0.15, 0.2) is 5.82 Å². The minimum atomic E-state index is 0.0705. The summed E-state index contributed by atoms with van der Waals surface area (Å²) in [6.07, 6.45) is 5.27. The van der Waals surface area contributed by atoms with Crippen LogP contribution in [0.5, 0.6) is 0 Å². The molecule has 1 fully saturated rings. The lowest BCUT2D eigenvalue weighted by atomic mass is 10.1. The minimum absolute atomic E-state index is 0.0705. The Bertz CT molecular complexity index is 923. The fourth-order valence-electron chi connectivity index (χ4n) is 3.62. The SMILES string of the molecule is Cc1ncccc1C(=O)N1CCCC1CCc1noc(-c2ccccc2)n1. The second kappa shape index (κ2) is 7.70.